The van der Waals surface area contributed by atoms with Crippen LogP contribution in [-0.4, -0.2) is 45.2 Å². The van der Waals surface area contributed by atoms with Crippen LogP contribution in [0.4, 0.5) is 4.39 Å². The van der Waals surface area contributed by atoms with Crippen LogP contribution in [0.2, 0.25) is 0 Å². The van der Waals surface area contributed by atoms with Crippen molar-refractivity contribution in [1.29, 1.82) is 0 Å². The summed E-state index contributed by atoms with van der Waals surface area (Å²) >= 11 is 0. The Morgan fingerprint density at radius 2 is 2.00 bits per heavy atom. The minimum absolute atomic E-state index is 0.337. The number of fused-ring (bicyclic) bond motifs is 1. The van der Waals surface area contributed by atoms with Crippen molar-refractivity contribution < 1.29 is 13.9 Å². The van der Waals surface area contributed by atoms with E-state index in [0.717, 1.165) is 30.2 Å². The Kier molecular flexibility index (Phi) is 4.57. The molecule has 0 saturated carbocycles. The van der Waals surface area contributed by atoms with Crippen LogP contribution in [0.3, 0.4) is 0 Å². The highest BCUT2D eigenvalue weighted by molar-refractivity contribution is 5.47. The molecule has 0 unspecified atom stereocenters. The Morgan fingerprint density at radius 1 is 1.22 bits per heavy atom. The molecule has 0 saturated heterocycles. The zero-order valence-corrected chi connectivity index (χ0v) is 15.6. The summed E-state index contributed by atoms with van der Waals surface area (Å²) in [4.78, 5) is 14.3. The third-order valence-electron chi connectivity index (χ3n) is 5.09. The minimum atomic E-state index is -0.349. The monoisotopic (exact) mass is 371 g/mol. The number of aromatic nitrogens is 4. The van der Waals surface area contributed by atoms with Crippen molar-refractivity contribution in [2.75, 3.05) is 20.8 Å². The number of hydrogen-bond acceptors (Lipinski definition) is 5. The van der Waals surface area contributed by atoms with Crippen LogP contribution < -0.4 is 9.47 Å². The maximum absolute atomic E-state index is 15.0. The molecule has 0 fully saturated rings. The van der Waals surface area contributed by atoms with Gasteiger partial charge in [-0.25, -0.2) is 14.4 Å². The number of nitrogens with zero attached hydrogens (tertiary/aromatic N) is 4. The maximum Gasteiger partial charge on any atom is 0.163 e. The number of benzene rings is 1. The summed E-state index contributed by atoms with van der Waals surface area (Å²) in [5.41, 5.74) is 2.38. The van der Waals surface area contributed by atoms with Crippen LogP contribution in [0.15, 0.2) is 30.9 Å². The molecule has 3 aromatic rings. The van der Waals surface area contributed by atoms with E-state index in [1.54, 1.807) is 25.7 Å². The molecular weight excluding hydrogens is 349 g/mol. The molecule has 1 aliphatic heterocycles. The van der Waals surface area contributed by atoms with Crippen molar-refractivity contribution in [2.24, 2.45) is 7.05 Å². The first-order chi connectivity index (χ1) is 13.1. The molecule has 27 heavy (non-hydrogen) atoms. The molecule has 0 radical (unpaired) electrons. The lowest BCUT2D eigenvalue weighted by molar-refractivity contribution is 0.189. The number of ether oxygens (including phenoxy) is 2. The first-order valence-electron chi connectivity index (χ1n) is 8.76. The Hall–Kier alpha value is -2.87. The number of aromatic amines is 1. The normalized spacial score (nSPS) is 17.0. The van der Waals surface area contributed by atoms with Gasteiger partial charge in [-0.2, -0.15) is 0 Å². The standard InChI is InChI=1S/C19H22FN5O2/c1-24-7-5-21-17(24)10-25-6-4-14-18(23-11-22-14)19(25)12-8-15(26-2)16(27-3)9-13(12)20/h5,7-9,11,19H,4,6,10H2,1-3H3,(H,22,23)/t19-/m1/s1. The summed E-state index contributed by atoms with van der Waals surface area (Å²) < 4.78 is 27.6. The van der Waals surface area contributed by atoms with E-state index in [2.05, 4.69) is 19.9 Å². The molecule has 8 heteroatoms. The summed E-state index contributed by atoms with van der Waals surface area (Å²) in [6, 6.07) is 2.73. The van der Waals surface area contributed by atoms with Crippen LogP contribution in [-0.2, 0) is 20.0 Å². The van der Waals surface area contributed by atoms with Gasteiger partial charge in [-0.15, -0.1) is 0 Å². The molecule has 1 atom stereocenters. The number of halogens is 1. The van der Waals surface area contributed by atoms with Gasteiger partial charge < -0.3 is 19.0 Å². The van der Waals surface area contributed by atoms with E-state index in [0.29, 0.717) is 23.6 Å². The topological polar surface area (TPSA) is 68.2 Å². The van der Waals surface area contributed by atoms with Crippen LogP contribution in [0.5, 0.6) is 11.5 Å². The molecule has 0 spiro atoms. The van der Waals surface area contributed by atoms with Gasteiger partial charge in [0.25, 0.3) is 0 Å². The van der Waals surface area contributed by atoms with Gasteiger partial charge in [0.15, 0.2) is 11.5 Å². The summed E-state index contributed by atoms with van der Waals surface area (Å²) in [7, 11) is 5.00. The molecule has 0 aliphatic carbocycles. The Bertz CT molecular complexity index is 951. The molecule has 1 aromatic carbocycles. The molecule has 4 rings (SSSR count). The third kappa shape index (κ3) is 3.06. The fraction of sp³-hybridized carbons (Fsp3) is 0.368. The highest BCUT2D eigenvalue weighted by atomic mass is 19.1. The van der Waals surface area contributed by atoms with Gasteiger partial charge in [0.1, 0.15) is 11.6 Å². The molecule has 142 valence electrons. The Balaban J connectivity index is 1.80. The molecular formula is C19H22FN5O2. The van der Waals surface area contributed by atoms with Gasteiger partial charge >= 0.3 is 0 Å². The lowest BCUT2D eigenvalue weighted by Crippen LogP contribution is -2.37. The molecule has 1 N–H and O–H groups in total. The number of aryl methyl sites for hydroxylation is 1. The average Bonchev–Trinajstić information content (AvgIpc) is 3.31. The highest BCUT2D eigenvalue weighted by Crippen LogP contribution is 2.39. The van der Waals surface area contributed by atoms with Gasteiger partial charge in [-0.1, -0.05) is 0 Å². The van der Waals surface area contributed by atoms with Gasteiger partial charge in [0, 0.05) is 49.7 Å². The van der Waals surface area contributed by atoms with Crippen molar-refractivity contribution in [3.63, 3.8) is 0 Å². The maximum atomic E-state index is 15.0. The van der Waals surface area contributed by atoms with E-state index in [9.17, 15) is 0 Å². The predicted octanol–water partition coefficient (Wildman–Crippen LogP) is 2.45. The van der Waals surface area contributed by atoms with Crippen molar-refractivity contribution in [3.8, 4) is 11.5 Å². The first kappa shape index (κ1) is 17.5. The van der Waals surface area contributed by atoms with Crippen LogP contribution in [0.25, 0.3) is 0 Å². The summed E-state index contributed by atoms with van der Waals surface area (Å²) in [6.45, 7) is 1.36. The average molecular weight is 371 g/mol. The number of imidazole rings is 2. The predicted molar refractivity (Wildman–Crippen MR) is 97.3 cm³/mol. The quantitative estimate of drug-likeness (QED) is 0.746. The molecule has 2 aromatic heterocycles. The van der Waals surface area contributed by atoms with Crippen molar-refractivity contribution in [2.45, 2.75) is 19.0 Å². The SMILES string of the molecule is COc1cc(F)c([C@@H]2c3nc[nH]c3CCN2Cc2nccn2C)cc1OC. The van der Waals surface area contributed by atoms with Crippen LogP contribution in [0, 0.1) is 5.82 Å². The van der Waals surface area contributed by atoms with Crippen LogP contribution in [0.1, 0.15) is 28.8 Å². The van der Waals surface area contributed by atoms with E-state index >= 15 is 4.39 Å². The fourth-order valence-corrected chi connectivity index (χ4v) is 3.65. The van der Waals surface area contributed by atoms with Gasteiger partial charge in [-0.05, 0) is 6.07 Å². The largest absolute Gasteiger partial charge is 0.493 e. The number of H-pyrrole nitrogens is 1. The third-order valence-corrected chi connectivity index (χ3v) is 5.09. The molecule has 0 amide bonds. The number of rotatable bonds is 5. The zero-order chi connectivity index (χ0) is 19.0. The van der Waals surface area contributed by atoms with Crippen molar-refractivity contribution in [3.05, 3.63) is 59.4 Å². The Labute approximate surface area is 156 Å². The second-order valence-electron chi connectivity index (χ2n) is 6.57. The van der Waals surface area contributed by atoms with E-state index in [1.165, 1.54) is 13.2 Å². The molecule has 3 heterocycles. The second-order valence-corrected chi connectivity index (χ2v) is 6.57. The summed E-state index contributed by atoms with van der Waals surface area (Å²) in [6.07, 6.45) is 6.17. The second kappa shape index (κ2) is 7.03. The number of hydrogen-bond donors (Lipinski definition) is 1. The number of methoxy groups -OCH3 is 2. The van der Waals surface area contributed by atoms with E-state index in [-0.39, 0.29) is 11.9 Å². The van der Waals surface area contributed by atoms with E-state index in [4.69, 9.17) is 9.47 Å². The molecule has 1 aliphatic rings. The number of nitrogens with one attached hydrogen (secondary N) is 1. The Morgan fingerprint density at radius 3 is 2.70 bits per heavy atom. The molecule has 7 nitrogen and oxygen atoms in total. The highest BCUT2D eigenvalue weighted by Gasteiger charge is 2.34. The van der Waals surface area contributed by atoms with Crippen molar-refractivity contribution >= 4 is 0 Å². The van der Waals surface area contributed by atoms with Crippen LogP contribution >= 0.6 is 0 Å². The lowest BCUT2D eigenvalue weighted by atomic mass is 9.94. The summed E-state index contributed by atoms with van der Waals surface area (Å²) in [5, 5.41) is 0. The van der Waals surface area contributed by atoms with E-state index in [1.807, 2.05) is 17.8 Å². The zero-order valence-electron chi connectivity index (χ0n) is 15.6. The van der Waals surface area contributed by atoms with E-state index < -0.39 is 0 Å². The first-order valence-corrected chi connectivity index (χ1v) is 8.76. The smallest absolute Gasteiger partial charge is 0.163 e. The molecule has 0 bridgehead atoms. The van der Waals surface area contributed by atoms with Gasteiger partial charge in [0.2, 0.25) is 0 Å². The lowest BCUT2D eigenvalue weighted by Gasteiger charge is -2.35. The minimum Gasteiger partial charge on any atom is -0.493 e. The fourth-order valence-electron chi connectivity index (χ4n) is 3.65. The van der Waals surface area contributed by atoms with Gasteiger partial charge in [-0.3, -0.25) is 4.90 Å². The summed E-state index contributed by atoms with van der Waals surface area (Å²) in [5.74, 6) is 1.43. The van der Waals surface area contributed by atoms with Gasteiger partial charge in [0.05, 0.1) is 38.8 Å². The van der Waals surface area contributed by atoms with Crippen molar-refractivity contribution in [1.82, 2.24) is 24.4 Å².